The molecule has 6 nitrogen and oxygen atoms in total. The van der Waals surface area contributed by atoms with E-state index in [1.807, 2.05) is 28.8 Å². The Morgan fingerprint density at radius 2 is 2.17 bits per heavy atom. The van der Waals surface area contributed by atoms with Gasteiger partial charge in [0.15, 0.2) is 11.0 Å². The van der Waals surface area contributed by atoms with Crippen LogP contribution in [0, 0.1) is 0 Å². The van der Waals surface area contributed by atoms with E-state index in [2.05, 4.69) is 16.8 Å². The average Bonchev–Trinajstić information content (AvgIpc) is 2.97. The van der Waals surface area contributed by atoms with Crippen molar-refractivity contribution in [3.8, 4) is 17.1 Å². The number of methoxy groups -OCH3 is 1. The van der Waals surface area contributed by atoms with Gasteiger partial charge in [-0.25, -0.2) is 0 Å². The summed E-state index contributed by atoms with van der Waals surface area (Å²) in [5.74, 6) is 1.12. The first-order chi connectivity index (χ1) is 11.6. The second-order valence-electron chi connectivity index (χ2n) is 4.92. The van der Waals surface area contributed by atoms with Crippen LogP contribution in [0.25, 0.3) is 11.4 Å². The van der Waals surface area contributed by atoms with Crippen molar-refractivity contribution in [1.29, 1.82) is 0 Å². The average molecular weight is 347 g/mol. The Balaban J connectivity index is 2.36. The van der Waals surface area contributed by atoms with Crippen molar-refractivity contribution in [3.63, 3.8) is 0 Å². The monoisotopic (exact) mass is 347 g/mol. The molecule has 128 valence electrons. The first kappa shape index (κ1) is 18.1. The molecule has 0 spiro atoms. The molecule has 7 heteroatoms. The Labute approximate surface area is 145 Å². The summed E-state index contributed by atoms with van der Waals surface area (Å²) in [6.07, 6.45) is 1.77. The Morgan fingerprint density at radius 3 is 2.83 bits per heavy atom. The van der Waals surface area contributed by atoms with Crippen LogP contribution in [0.15, 0.2) is 42.1 Å². The highest BCUT2D eigenvalue weighted by Crippen LogP contribution is 2.32. The van der Waals surface area contributed by atoms with Crippen LogP contribution in [-0.2, 0) is 16.1 Å². The molecule has 2 aromatic rings. The van der Waals surface area contributed by atoms with Crippen molar-refractivity contribution in [2.45, 2.75) is 30.8 Å². The molecule has 1 unspecified atom stereocenters. The van der Waals surface area contributed by atoms with Crippen molar-refractivity contribution in [2.75, 3.05) is 13.7 Å². The van der Waals surface area contributed by atoms with Gasteiger partial charge < -0.3 is 9.47 Å². The topological polar surface area (TPSA) is 66.2 Å². The minimum atomic E-state index is -0.372. The molecule has 1 aromatic heterocycles. The van der Waals surface area contributed by atoms with Crippen LogP contribution in [0.5, 0.6) is 5.75 Å². The van der Waals surface area contributed by atoms with E-state index < -0.39 is 0 Å². The minimum Gasteiger partial charge on any atom is -0.496 e. The highest BCUT2D eigenvalue weighted by Gasteiger charge is 2.22. The molecule has 1 heterocycles. The molecule has 0 aliphatic rings. The maximum Gasteiger partial charge on any atom is 0.319 e. The molecule has 1 aromatic carbocycles. The zero-order valence-corrected chi connectivity index (χ0v) is 14.9. The SMILES string of the molecule is C=CCn1c(SC(C)C(=O)OCC)nnc1-c1ccccc1OC. The van der Waals surface area contributed by atoms with E-state index in [-0.39, 0.29) is 11.2 Å². The van der Waals surface area contributed by atoms with Gasteiger partial charge in [-0.2, -0.15) is 0 Å². The highest BCUT2D eigenvalue weighted by atomic mass is 32.2. The number of allylic oxidation sites excluding steroid dienone is 1. The van der Waals surface area contributed by atoms with Crippen LogP contribution in [0.1, 0.15) is 13.8 Å². The van der Waals surface area contributed by atoms with Gasteiger partial charge in [0.05, 0.1) is 19.3 Å². The summed E-state index contributed by atoms with van der Waals surface area (Å²) in [6, 6.07) is 7.61. The van der Waals surface area contributed by atoms with Gasteiger partial charge in [0.1, 0.15) is 11.0 Å². The van der Waals surface area contributed by atoms with E-state index in [0.29, 0.717) is 29.9 Å². The predicted octanol–water partition coefficient (Wildman–Crippen LogP) is 3.18. The van der Waals surface area contributed by atoms with Crippen LogP contribution < -0.4 is 4.74 Å². The number of hydrogen-bond acceptors (Lipinski definition) is 6. The van der Waals surface area contributed by atoms with E-state index in [4.69, 9.17) is 9.47 Å². The van der Waals surface area contributed by atoms with Crippen molar-refractivity contribution in [3.05, 3.63) is 36.9 Å². The fourth-order valence-electron chi connectivity index (χ4n) is 2.16. The fraction of sp³-hybridized carbons (Fsp3) is 0.353. The molecule has 0 fully saturated rings. The summed E-state index contributed by atoms with van der Waals surface area (Å²) in [5.41, 5.74) is 0.838. The Bertz CT molecular complexity index is 715. The maximum atomic E-state index is 11.9. The third-order valence-electron chi connectivity index (χ3n) is 3.28. The van der Waals surface area contributed by atoms with Gasteiger partial charge in [0, 0.05) is 6.54 Å². The number of benzene rings is 1. The lowest BCUT2D eigenvalue weighted by Crippen LogP contribution is -2.17. The van der Waals surface area contributed by atoms with Gasteiger partial charge in [0.2, 0.25) is 0 Å². The summed E-state index contributed by atoms with van der Waals surface area (Å²) in [5, 5.41) is 8.78. The lowest BCUT2D eigenvalue weighted by Gasteiger charge is -2.12. The summed E-state index contributed by atoms with van der Waals surface area (Å²) in [7, 11) is 1.62. The molecule has 0 amide bonds. The maximum absolute atomic E-state index is 11.9. The van der Waals surface area contributed by atoms with Gasteiger partial charge in [-0.05, 0) is 26.0 Å². The number of rotatable bonds is 8. The third-order valence-corrected chi connectivity index (χ3v) is 4.34. The second kappa shape index (κ2) is 8.54. The first-order valence-corrected chi connectivity index (χ1v) is 8.51. The zero-order valence-electron chi connectivity index (χ0n) is 14.1. The largest absolute Gasteiger partial charge is 0.496 e. The molecule has 0 aliphatic carbocycles. The van der Waals surface area contributed by atoms with Gasteiger partial charge in [-0.3, -0.25) is 9.36 Å². The number of thioether (sulfide) groups is 1. The minimum absolute atomic E-state index is 0.269. The quantitative estimate of drug-likeness (QED) is 0.415. The summed E-state index contributed by atoms with van der Waals surface area (Å²) in [4.78, 5) is 11.9. The summed E-state index contributed by atoms with van der Waals surface area (Å²) >= 11 is 1.31. The number of ether oxygens (including phenoxy) is 2. The summed E-state index contributed by atoms with van der Waals surface area (Å²) < 4.78 is 12.4. The van der Waals surface area contributed by atoms with Crippen LogP contribution >= 0.6 is 11.8 Å². The van der Waals surface area contributed by atoms with Crippen molar-refractivity contribution in [2.24, 2.45) is 0 Å². The predicted molar refractivity (Wildman–Crippen MR) is 94.2 cm³/mol. The first-order valence-electron chi connectivity index (χ1n) is 7.63. The van der Waals surface area contributed by atoms with Crippen molar-refractivity contribution < 1.29 is 14.3 Å². The molecular weight excluding hydrogens is 326 g/mol. The molecular formula is C17H21N3O3S. The molecule has 24 heavy (non-hydrogen) atoms. The number of para-hydroxylation sites is 1. The van der Waals surface area contributed by atoms with Gasteiger partial charge in [-0.15, -0.1) is 16.8 Å². The second-order valence-corrected chi connectivity index (χ2v) is 6.23. The molecule has 0 bridgehead atoms. The van der Waals surface area contributed by atoms with Crippen molar-refractivity contribution >= 4 is 17.7 Å². The number of carbonyl (C=O) groups is 1. The molecule has 2 rings (SSSR count). The Kier molecular flexibility index (Phi) is 6.43. The number of carbonyl (C=O) groups excluding carboxylic acids is 1. The number of esters is 1. The van der Waals surface area contributed by atoms with Crippen molar-refractivity contribution in [1.82, 2.24) is 14.8 Å². The molecule has 0 saturated heterocycles. The molecule has 0 saturated carbocycles. The van der Waals surface area contributed by atoms with Crippen LogP contribution in [0.2, 0.25) is 0 Å². The van der Waals surface area contributed by atoms with Gasteiger partial charge in [0.25, 0.3) is 0 Å². The van der Waals surface area contributed by atoms with Gasteiger partial charge >= 0.3 is 5.97 Å². The van der Waals surface area contributed by atoms with E-state index in [9.17, 15) is 4.79 Å². The highest BCUT2D eigenvalue weighted by molar-refractivity contribution is 8.00. The number of aromatic nitrogens is 3. The van der Waals surface area contributed by atoms with Crippen LogP contribution in [0.4, 0.5) is 0 Å². The molecule has 0 aliphatic heterocycles. The molecule has 0 N–H and O–H groups in total. The Hall–Kier alpha value is -2.28. The standard InChI is InChI=1S/C17H21N3O3S/c1-5-11-20-15(13-9-7-8-10-14(13)22-4)18-19-17(20)24-12(3)16(21)23-6-2/h5,7-10,12H,1,6,11H2,2-4H3. The summed E-state index contributed by atoms with van der Waals surface area (Å²) in [6.45, 7) is 8.25. The van der Waals surface area contributed by atoms with Crippen LogP contribution in [-0.4, -0.2) is 39.7 Å². The zero-order chi connectivity index (χ0) is 17.5. The van der Waals surface area contributed by atoms with Crippen LogP contribution in [0.3, 0.4) is 0 Å². The van der Waals surface area contributed by atoms with E-state index >= 15 is 0 Å². The van der Waals surface area contributed by atoms with E-state index in [0.717, 1.165) is 5.56 Å². The molecule has 0 radical (unpaired) electrons. The van der Waals surface area contributed by atoms with Gasteiger partial charge in [-0.1, -0.05) is 30.0 Å². The number of hydrogen-bond donors (Lipinski definition) is 0. The lowest BCUT2D eigenvalue weighted by atomic mass is 10.2. The van der Waals surface area contributed by atoms with E-state index in [1.165, 1.54) is 11.8 Å². The smallest absolute Gasteiger partial charge is 0.319 e. The molecule has 1 atom stereocenters. The normalized spacial score (nSPS) is 11.8. The van der Waals surface area contributed by atoms with E-state index in [1.54, 1.807) is 27.0 Å². The lowest BCUT2D eigenvalue weighted by molar-refractivity contribution is -0.142. The Morgan fingerprint density at radius 1 is 1.42 bits per heavy atom. The fourth-order valence-corrected chi connectivity index (χ4v) is 3.02. The third kappa shape index (κ3) is 3.97. The number of nitrogens with zero attached hydrogens (tertiary/aromatic N) is 3.